The molecule has 2 heteroatoms. The van der Waals surface area contributed by atoms with Crippen LogP contribution in [0.1, 0.15) is 11.1 Å². The van der Waals surface area contributed by atoms with Gasteiger partial charge in [0, 0.05) is 10.6 Å². The Bertz CT molecular complexity index is 538. The van der Waals surface area contributed by atoms with Crippen molar-refractivity contribution in [1.29, 1.82) is 0 Å². The molecule has 0 aliphatic carbocycles. The number of aryl methyl sites for hydroxylation is 1. The van der Waals surface area contributed by atoms with E-state index in [9.17, 15) is 0 Å². The minimum atomic E-state index is -1.16. The van der Waals surface area contributed by atoms with Crippen LogP contribution in [0.2, 0.25) is 19.6 Å². The van der Waals surface area contributed by atoms with Crippen LogP contribution < -0.4 is 5.19 Å². The predicted molar refractivity (Wildman–Crippen MR) is 90.2 cm³/mol. The zero-order valence-corrected chi connectivity index (χ0v) is 14.1. The Morgan fingerprint density at radius 2 is 1.63 bits per heavy atom. The molecule has 2 aromatic carbocycles. The third-order valence-electron chi connectivity index (χ3n) is 3.22. The summed E-state index contributed by atoms with van der Waals surface area (Å²) >= 11 is 1.91. The Morgan fingerprint density at radius 1 is 0.947 bits per heavy atom. The molecule has 0 fully saturated rings. The molecule has 0 unspecified atom stereocenters. The molecule has 0 N–H and O–H groups in total. The Kier molecular flexibility index (Phi) is 4.53. The van der Waals surface area contributed by atoms with Crippen molar-refractivity contribution in [2.24, 2.45) is 0 Å². The van der Waals surface area contributed by atoms with E-state index in [2.05, 4.69) is 75.1 Å². The molecule has 0 heterocycles. The second-order valence-electron chi connectivity index (χ2n) is 6.05. The van der Waals surface area contributed by atoms with Gasteiger partial charge in [0.1, 0.15) is 0 Å². The Hall–Kier alpha value is -0.993. The van der Waals surface area contributed by atoms with E-state index in [0.717, 1.165) is 5.75 Å². The molecule has 0 saturated carbocycles. The highest BCUT2D eigenvalue weighted by atomic mass is 32.2. The maximum Gasteiger partial charge on any atom is 0.0775 e. The minimum Gasteiger partial charge on any atom is -0.121 e. The van der Waals surface area contributed by atoms with Crippen LogP contribution in [0, 0.1) is 6.92 Å². The summed E-state index contributed by atoms with van der Waals surface area (Å²) in [6, 6.07) is 17.9. The van der Waals surface area contributed by atoms with Crippen molar-refractivity contribution in [3.63, 3.8) is 0 Å². The molecule has 0 atom stereocenters. The van der Waals surface area contributed by atoms with Gasteiger partial charge in [0.05, 0.1) is 8.07 Å². The normalized spacial score (nSPS) is 11.6. The molecular formula is C17H22SSi. The molecule has 19 heavy (non-hydrogen) atoms. The summed E-state index contributed by atoms with van der Waals surface area (Å²) < 4.78 is 0. The SMILES string of the molecule is Cc1cccc(SCc2ccc([Si](C)(C)C)cc2)c1. The van der Waals surface area contributed by atoms with Gasteiger partial charge in [-0.2, -0.15) is 0 Å². The maximum atomic E-state index is 2.39. The van der Waals surface area contributed by atoms with Crippen molar-refractivity contribution >= 4 is 25.0 Å². The maximum absolute atomic E-state index is 2.39. The minimum absolute atomic E-state index is 1.05. The van der Waals surface area contributed by atoms with Crippen molar-refractivity contribution in [1.82, 2.24) is 0 Å². The summed E-state index contributed by atoms with van der Waals surface area (Å²) in [5, 5.41) is 1.54. The Balaban J connectivity index is 2.01. The first-order valence-electron chi connectivity index (χ1n) is 6.74. The van der Waals surface area contributed by atoms with E-state index >= 15 is 0 Å². The van der Waals surface area contributed by atoms with E-state index in [1.54, 1.807) is 0 Å². The molecule has 0 amide bonds. The monoisotopic (exact) mass is 286 g/mol. The fourth-order valence-corrected chi connectivity index (χ4v) is 4.11. The van der Waals surface area contributed by atoms with Crippen LogP contribution in [-0.2, 0) is 5.75 Å². The van der Waals surface area contributed by atoms with Gasteiger partial charge in [-0.05, 0) is 24.6 Å². The molecule has 0 radical (unpaired) electrons. The van der Waals surface area contributed by atoms with Gasteiger partial charge in [-0.1, -0.05) is 66.8 Å². The second-order valence-corrected chi connectivity index (χ2v) is 12.2. The van der Waals surface area contributed by atoms with Crippen LogP contribution in [-0.4, -0.2) is 8.07 Å². The third-order valence-corrected chi connectivity index (χ3v) is 6.35. The van der Waals surface area contributed by atoms with Gasteiger partial charge >= 0.3 is 0 Å². The molecule has 0 nitrogen and oxygen atoms in total. The lowest BCUT2D eigenvalue weighted by Crippen LogP contribution is -2.37. The van der Waals surface area contributed by atoms with Gasteiger partial charge in [0.15, 0.2) is 0 Å². The van der Waals surface area contributed by atoms with Crippen molar-refractivity contribution in [2.75, 3.05) is 0 Å². The van der Waals surface area contributed by atoms with Crippen LogP contribution >= 0.6 is 11.8 Å². The number of hydrogen-bond donors (Lipinski definition) is 0. The lowest BCUT2D eigenvalue weighted by Gasteiger charge is -2.16. The molecule has 2 aromatic rings. The van der Waals surface area contributed by atoms with E-state index in [0.29, 0.717) is 0 Å². The molecule has 0 aliphatic rings. The summed E-state index contributed by atoms with van der Waals surface area (Å²) in [5.74, 6) is 1.05. The molecule has 0 spiro atoms. The fraction of sp³-hybridized carbons (Fsp3) is 0.294. The molecule has 100 valence electrons. The van der Waals surface area contributed by atoms with Gasteiger partial charge in [-0.3, -0.25) is 0 Å². The van der Waals surface area contributed by atoms with Crippen LogP contribution in [0.25, 0.3) is 0 Å². The summed E-state index contributed by atoms with van der Waals surface area (Å²) in [7, 11) is -1.16. The lowest BCUT2D eigenvalue weighted by molar-refractivity contribution is 1.34. The van der Waals surface area contributed by atoms with E-state index in [4.69, 9.17) is 0 Å². The van der Waals surface area contributed by atoms with Gasteiger partial charge in [-0.25, -0.2) is 0 Å². The Morgan fingerprint density at radius 3 is 2.21 bits per heavy atom. The summed E-state index contributed by atoms with van der Waals surface area (Å²) in [6.45, 7) is 9.32. The first-order valence-corrected chi connectivity index (χ1v) is 11.2. The average Bonchev–Trinajstić information content (AvgIpc) is 2.36. The van der Waals surface area contributed by atoms with Crippen molar-refractivity contribution in [2.45, 2.75) is 37.2 Å². The summed E-state index contributed by atoms with van der Waals surface area (Å²) in [4.78, 5) is 1.36. The van der Waals surface area contributed by atoms with Gasteiger partial charge in [0.25, 0.3) is 0 Å². The van der Waals surface area contributed by atoms with Gasteiger partial charge in [0.2, 0.25) is 0 Å². The van der Waals surface area contributed by atoms with E-state index in [1.807, 2.05) is 11.8 Å². The third kappa shape index (κ3) is 4.25. The first-order chi connectivity index (χ1) is 8.95. The quantitative estimate of drug-likeness (QED) is 0.573. The van der Waals surface area contributed by atoms with Crippen LogP contribution in [0.15, 0.2) is 53.4 Å². The van der Waals surface area contributed by atoms with Crippen LogP contribution in [0.4, 0.5) is 0 Å². The molecule has 0 bridgehead atoms. The van der Waals surface area contributed by atoms with Gasteiger partial charge in [-0.15, -0.1) is 11.8 Å². The first kappa shape index (κ1) is 14.4. The Labute approximate surface area is 122 Å². The number of thioether (sulfide) groups is 1. The summed E-state index contributed by atoms with van der Waals surface area (Å²) in [6.07, 6.45) is 0. The molecule has 0 aliphatic heterocycles. The van der Waals surface area contributed by atoms with Crippen molar-refractivity contribution in [3.05, 3.63) is 59.7 Å². The molecule has 2 rings (SSSR count). The highest BCUT2D eigenvalue weighted by Gasteiger charge is 2.15. The average molecular weight is 287 g/mol. The van der Waals surface area contributed by atoms with E-state index in [1.165, 1.54) is 21.2 Å². The zero-order valence-electron chi connectivity index (χ0n) is 12.2. The lowest BCUT2D eigenvalue weighted by atomic mass is 10.2. The largest absolute Gasteiger partial charge is 0.121 e. The smallest absolute Gasteiger partial charge is 0.0775 e. The molecular weight excluding hydrogens is 264 g/mol. The fourth-order valence-electron chi connectivity index (χ4n) is 1.97. The molecule has 0 aromatic heterocycles. The van der Waals surface area contributed by atoms with Crippen molar-refractivity contribution in [3.8, 4) is 0 Å². The second kappa shape index (κ2) is 5.97. The zero-order chi connectivity index (χ0) is 13.9. The number of benzene rings is 2. The highest BCUT2D eigenvalue weighted by molar-refractivity contribution is 7.98. The highest BCUT2D eigenvalue weighted by Crippen LogP contribution is 2.23. The van der Waals surface area contributed by atoms with Crippen LogP contribution in [0.3, 0.4) is 0 Å². The summed E-state index contributed by atoms with van der Waals surface area (Å²) in [5.41, 5.74) is 2.74. The standard InChI is InChI=1S/C17H22SSi/c1-14-6-5-7-16(12-14)18-13-15-8-10-17(11-9-15)19(2,3)4/h5-12H,13H2,1-4H3. The van der Waals surface area contributed by atoms with Gasteiger partial charge < -0.3 is 0 Å². The van der Waals surface area contributed by atoms with E-state index in [-0.39, 0.29) is 0 Å². The number of hydrogen-bond acceptors (Lipinski definition) is 1. The predicted octanol–water partition coefficient (Wildman–Crippen LogP) is 4.83. The molecule has 0 saturated heterocycles. The number of rotatable bonds is 4. The van der Waals surface area contributed by atoms with Crippen LogP contribution in [0.5, 0.6) is 0 Å². The topological polar surface area (TPSA) is 0 Å². The van der Waals surface area contributed by atoms with E-state index < -0.39 is 8.07 Å². The van der Waals surface area contributed by atoms with Crippen molar-refractivity contribution < 1.29 is 0 Å².